The lowest BCUT2D eigenvalue weighted by Crippen LogP contribution is -2.56. The Morgan fingerprint density at radius 1 is 0.927 bits per heavy atom. The molecule has 4 heterocycles. The average molecular weight is 769 g/mol. The number of piperazine rings is 1. The van der Waals surface area contributed by atoms with E-state index in [-0.39, 0.29) is 29.5 Å². The molecule has 0 unspecified atom stereocenters. The summed E-state index contributed by atoms with van der Waals surface area (Å²) in [7, 11) is 1.87. The number of hydrogen-bond acceptors (Lipinski definition) is 7. The Morgan fingerprint density at radius 3 is 2.25 bits per heavy atom. The third-order valence-electron chi connectivity index (χ3n) is 12.2. The number of rotatable bonds is 8. The summed E-state index contributed by atoms with van der Waals surface area (Å²) in [5.41, 5.74) is 8.55. The van der Waals surface area contributed by atoms with Crippen LogP contribution >= 0.6 is 0 Å². The van der Waals surface area contributed by atoms with Crippen LogP contribution < -0.4 is 9.46 Å². The molecule has 0 spiro atoms. The zero-order valence-corrected chi connectivity index (χ0v) is 34.6. The SMILES string of the molecule is COc1ccc2c(c1)C=C(c1c(C(=O)N3C[C@@H](C)N(C)[C@@H](C)C3)c(C(C)C)nn1C)Cn1c-2c(C2CCCCC2)c2ccc(C(=O)NS(=O)(=O)C(C)C)cc21. The molecule has 0 radical (unpaired) electrons. The molecule has 294 valence electrons. The number of fused-ring (bicyclic) bond motifs is 5. The van der Waals surface area contributed by atoms with E-state index in [9.17, 15) is 18.0 Å². The maximum Gasteiger partial charge on any atom is 0.264 e. The molecule has 2 amide bonds. The summed E-state index contributed by atoms with van der Waals surface area (Å²) in [5, 5.41) is 5.33. The van der Waals surface area contributed by atoms with Crippen LogP contribution in [0.25, 0.3) is 33.8 Å². The van der Waals surface area contributed by atoms with Crippen LogP contribution in [0.5, 0.6) is 5.75 Å². The Hall–Kier alpha value is -4.42. The Morgan fingerprint density at radius 2 is 1.62 bits per heavy atom. The van der Waals surface area contributed by atoms with Crippen molar-refractivity contribution in [2.24, 2.45) is 7.05 Å². The van der Waals surface area contributed by atoms with Gasteiger partial charge in [0.2, 0.25) is 10.0 Å². The van der Waals surface area contributed by atoms with Crippen molar-refractivity contribution in [3.05, 3.63) is 70.0 Å². The Labute approximate surface area is 325 Å². The van der Waals surface area contributed by atoms with Crippen molar-refractivity contribution in [1.29, 1.82) is 0 Å². The molecular weight excluding hydrogens is 713 g/mol. The topological polar surface area (TPSA) is 119 Å². The minimum Gasteiger partial charge on any atom is -0.497 e. The van der Waals surface area contributed by atoms with Crippen LogP contribution in [-0.4, -0.2) is 89.0 Å². The van der Waals surface area contributed by atoms with Crippen molar-refractivity contribution >= 4 is 44.4 Å². The number of carbonyl (C=O) groups is 2. The number of aromatic nitrogens is 3. The number of amides is 2. The highest BCUT2D eigenvalue weighted by Crippen LogP contribution is 2.48. The number of aryl methyl sites for hydroxylation is 1. The maximum absolute atomic E-state index is 14.9. The van der Waals surface area contributed by atoms with Crippen molar-refractivity contribution in [2.45, 2.75) is 109 Å². The maximum atomic E-state index is 14.9. The standard InChI is InChI=1S/C43H56N6O5S/c1-25(2)39-38(43(51)48-22-27(5)46(7)28(6)23-48)40(47(8)44-39)32-19-31-20-33(54-9)16-18-34(31)41-37(29-13-11-10-12-14-29)35-17-15-30(21-36(35)49(41)24-32)42(50)45-55(52,53)26(3)4/h15-21,25-29H,10-14,22-24H2,1-9H3,(H,45,50)/t27-,28+. The van der Waals surface area contributed by atoms with E-state index in [0.717, 1.165) is 76.1 Å². The number of likely N-dealkylation sites (N-methyl/N-ethyl adjacent to an activating group) is 1. The summed E-state index contributed by atoms with van der Waals surface area (Å²) >= 11 is 0. The van der Waals surface area contributed by atoms with Gasteiger partial charge in [0.05, 0.1) is 41.5 Å². The molecule has 1 aliphatic carbocycles. The van der Waals surface area contributed by atoms with Gasteiger partial charge in [-0.25, -0.2) is 13.1 Å². The van der Waals surface area contributed by atoms with Gasteiger partial charge in [-0.1, -0.05) is 39.2 Å². The fourth-order valence-electron chi connectivity index (χ4n) is 8.89. The summed E-state index contributed by atoms with van der Waals surface area (Å²) < 4.78 is 37.8. The molecule has 2 aromatic carbocycles. The van der Waals surface area contributed by atoms with Crippen LogP contribution in [-0.2, 0) is 23.6 Å². The van der Waals surface area contributed by atoms with Gasteiger partial charge < -0.3 is 14.2 Å². The highest BCUT2D eigenvalue weighted by Gasteiger charge is 2.37. The summed E-state index contributed by atoms with van der Waals surface area (Å²) in [6.45, 7) is 13.2. The van der Waals surface area contributed by atoms with E-state index in [4.69, 9.17) is 9.84 Å². The second-order valence-electron chi connectivity index (χ2n) is 16.5. The van der Waals surface area contributed by atoms with E-state index >= 15 is 0 Å². The second kappa shape index (κ2) is 14.9. The quantitative estimate of drug-likeness (QED) is 0.198. The minimum absolute atomic E-state index is 0.00373. The molecule has 12 heteroatoms. The van der Waals surface area contributed by atoms with E-state index in [0.29, 0.717) is 31.1 Å². The van der Waals surface area contributed by atoms with Crippen LogP contribution in [0, 0.1) is 0 Å². The van der Waals surface area contributed by atoms with Crippen LogP contribution in [0.4, 0.5) is 0 Å². The molecular formula is C43H56N6O5S. The third-order valence-corrected chi connectivity index (χ3v) is 13.9. The lowest BCUT2D eigenvalue weighted by Gasteiger charge is -2.42. The molecule has 1 saturated heterocycles. The van der Waals surface area contributed by atoms with Gasteiger partial charge >= 0.3 is 0 Å². The van der Waals surface area contributed by atoms with Gasteiger partial charge in [0.25, 0.3) is 11.8 Å². The predicted octanol–water partition coefficient (Wildman–Crippen LogP) is 7.41. The molecule has 3 aliphatic rings. The smallest absolute Gasteiger partial charge is 0.264 e. The first kappa shape index (κ1) is 38.8. The van der Waals surface area contributed by atoms with Crippen LogP contribution in [0.2, 0.25) is 0 Å². The molecule has 2 fully saturated rings. The first-order valence-corrected chi connectivity index (χ1v) is 21.3. The van der Waals surface area contributed by atoms with Gasteiger partial charge in [-0.15, -0.1) is 0 Å². The van der Waals surface area contributed by atoms with E-state index in [1.165, 1.54) is 12.0 Å². The van der Waals surface area contributed by atoms with Crippen LogP contribution in [0.3, 0.4) is 0 Å². The van der Waals surface area contributed by atoms with Gasteiger partial charge in [0.15, 0.2) is 0 Å². The lowest BCUT2D eigenvalue weighted by atomic mass is 9.81. The van der Waals surface area contributed by atoms with Gasteiger partial charge in [-0.05, 0) is 113 Å². The normalized spacial score (nSPS) is 19.7. The molecule has 0 bridgehead atoms. The van der Waals surface area contributed by atoms with Crippen molar-refractivity contribution in [2.75, 3.05) is 27.2 Å². The highest BCUT2D eigenvalue weighted by atomic mass is 32.2. The van der Waals surface area contributed by atoms with Crippen LogP contribution in [0.1, 0.15) is 129 Å². The number of allylic oxidation sites excluding steroid dienone is 1. The number of nitrogens with one attached hydrogen (secondary N) is 1. The Bertz CT molecular complexity index is 2280. The predicted molar refractivity (Wildman–Crippen MR) is 219 cm³/mol. The third kappa shape index (κ3) is 7.01. The molecule has 1 saturated carbocycles. The van der Waals surface area contributed by atoms with Gasteiger partial charge in [-0.2, -0.15) is 5.10 Å². The fraction of sp³-hybridized carbons (Fsp3) is 0.512. The number of carbonyl (C=O) groups excluding carboxylic acids is 2. The van der Waals surface area contributed by atoms with Crippen molar-refractivity contribution in [3.8, 4) is 17.0 Å². The van der Waals surface area contributed by atoms with Crippen molar-refractivity contribution < 1.29 is 22.7 Å². The zero-order valence-electron chi connectivity index (χ0n) is 33.8. The first-order chi connectivity index (χ1) is 26.1. The van der Waals surface area contributed by atoms with Crippen molar-refractivity contribution in [3.63, 3.8) is 0 Å². The fourth-order valence-corrected chi connectivity index (χ4v) is 9.50. The average Bonchev–Trinajstić information content (AvgIpc) is 3.61. The summed E-state index contributed by atoms with van der Waals surface area (Å²) in [6.07, 6.45) is 7.80. The zero-order chi connectivity index (χ0) is 39.5. The number of benzene rings is 2. The number of methoxy groups -OCH3 is 1. The minimum atomic E-state index is -3.84. The molecule has 2 aromatic heterocycles. The van der Waals surface area contributed by atoms with Gasteiger partial charge in [0.1, 0.15) is 5.75 Å². The first-order valence-electron chi connectivity index (χ1n) is 19.8. The molecule has 11 nitrogen and oxygen atoms in total. The Balaban J connectivity index is 1.47. The number of hydrogen-bond donors (Lipinski definition) is 1. The van der Waals surface area contributed by atoms with E-state index in [2.05, 4.69) is 67.1 Å². The molecule has 55 heavy (non-hydrogen) atoms. The second-order valence-corrected chi connectivity index (χ2v) is 18.8. The number of sulfonamides is 1. The number of ether oxygens (including phenoxy) is 1. The molecule has 7 rings (SSSR count). The Kier molecular flexibility index (Phi) is 10.5. The molecule has 4 aromatic rings. The van der Waals surface area contributed by atoms with E-state index in [1.807, 2.05) is 34.8 Å². The summed E-state index contributed by atoms with van der Waals surface area (Å²) in [4.78, 5) is 32.8. The number of nitrogens with zero attached hydrogens (tertiary/aromatic N) is 5. The lowest BCUT2D eigenvalue weighted by molar-refractivity contribution is 0.0412. The summed E-state index contributed by atoms with van der Waals surface area (Å²) in [5.74, 6) is 0.377. The highest BCUT2D eigenvalue weighted by molar-refractivity contribution is 7.90. The molecule has 1 N–H and O–H groups in total. The van der Waals surface area contributed by atoms with Gasteiger partial charge in [0, 0.05) is 54.3 Å². The van der Waals surface area contributed by atoms with Crippen molar-refractivity contribution in [1.82, 2.24) is 28.9 Å². The van der Waals surface area contributed by atoms with E-state index < -0.39 is 21.2 Å². The molecule has 2 atom stereocenters. The van der Waals surface area contributed by atoms with E-state index in [1.54, 1.807) is 27.0 Å². The van der Waals surface area contributed by atoms with Crippen LogP contribution in [0.15, 0.2) is 36.4 Å². The summed E-state index contributed by atoms with van der Waals surface area (Å²) in [6, 6.07) is 12.2. The van der Waals surface area contributed by atoms with Gasteiger partial charge in [-0.3, -0.25) is 19.2 Å². The largest absolute Gasteiger partial charge is 0.497 e. The molecule has 2 aliphatic heterocycles. The monoisotopic (exact) mass is 768 g/mol.